The second kappa shape index (κ2) is 10.5. The van der Waals surface area contributed by atoms with Crippen molar-refractivity contribution in [1.29, 1.82) is 0 Å². The molecule has 4 heteroatoms. The first-order chi connectivity index (χ1) is 23.8. The molecule has 2 heterocycles. The minimum Gasteiger partial charge on any atom is -0.208 e. The van der Waals surface area contributed by atoms with Crippen molar-refractivity contribution in [2.45, 2.75) is 5.41 Å². The Balaban J connectivity index is 1.34. The SMILES string of the molecule is c1ccc(-c2nc(-c3ccccc3)nc(-c3sc4c(c3-c3ccccc3)-c3ccccc3C43c4ccccc4-c4ccccc43)n2)cc1. The highest BCUT2D eigenvalue weighted by Gasteiger charge is 2.54. The molecule has 0 atom stereocenters. The monoisotopic (exact) mass is 629 g/mol. The topological polar surface area (TPSA) is 38.7 Å². The third-order valence-electron chi connectivity index (χ3n) is 9.77. The van der Waals surface area contributed by atoms with Crippen molar-refractivity contribution in [2.24, 2.45) is 0 Å². The van der Waals surface area contributed by atoms with E-state index in [2.05, 4.69) is 127 Å². The van der Waals surface area contributed by atoms with Gasteiger partial charge in [-0.3, -0.25) is 0 Å². The van der Waals surface area contributed by atoms with Crippen molar-refractivity contribution in [3.8, 4) is 66.9 Å². The molecule has 10 rings (SSSR count). The number of thiophene rings is 1. The molecular weight excluding hydrogens is 603 g/mol. The summed E-state index contributed by atoms with van der Waals surface area (Å²) in [5.41, 5.74) is 12.9. The Kier molecular flexibility index (Phi) is 5.96. The van der Waals surface area contributed by atoms with Crippen molar-refractivity contribution < 1.29 is 0 Å². The standard InChI is InChI=1S/C44H27N3S/c1-4-16-28(17-5-1)37-38-33-24-12-15-27-36(33)44(34-25-13-10-22-31(34)32-23-11-14-26-35(32)44)40(38)48-39(37)43-46-41(29-18-6-2-7-19-29)45-42(47-43)30-20-8-3-9-21-30/h1-27H. The van der Waals surface area contributed by atoms with E-state index in [9.17, 15) is 0 Å². The lowest BCUT2D eigenvalue weighted by Gasteiger charge is -2.29. The fourth-order valence-electron chi connectivity index (χ4n) is 7.82. The Morgan fingerprint density at radius 2 is 0.750 bits per heavy atom. The predicted molar refractivity (Wildman–Crippen MR) is 196 cm³/mol. The molecule has 0 aliphatic heterocycles. The van der Waals surface area contributed by atoms with Crippen molar-refractivity contribution in [1.82, 2.24) is 15.0 Å². The van der Waals surface area contributed by atoms with Gasteiger partial charge in [0.15, 0.2) is 17.5 Å². The van der Waals surface area contributed by atoms with Crippen LogP contribution in [0.25, 0.3) is 66.9 Å². The molecule has 0 radical (unpaired) electrons. The second-order valence-electron chi connectivity index (χ2n) is 12.3. The summed E-state index contributed by atoms with van der Waals surface area (Å²) in [6.07, 6.45) is 0. The van der Waals surface area contributed by atoms with E-state index in [4.69, 9.17) is 15.0 Å². The lowest BCUT2D eigenvalue weighted by molar-refractivity contribution is 0.811. The summed E-state index contributed by atoms with van der Waals surface area (Å²) in [6.45, 7) is 0. The molecule has 0 amide bonds. The summed E-state index contributed by atoms with van der Waals surface area (Å²) >= 11 is 1.83. The highest BCUT2D eigenvalue weighted by atomic mass is 32.1. The Labute approximate surface area is 282 Å². The molecule has 0 bridgehead atoms. The Bertz CT molecular complexity index is 2400. The van der Waals surface area contributed by atoms with Crippen LogP contribution in [0.2, 0.25) is 0 Å². The first-order valence-corrected chi connectivity index (χ1v) is 17.0. The van der Waals surface area contributed by atoms with E-state index >= 15 is 0 Å². The van der Waals surface area contributed by atoms with Gasteiger partial charge in [0.05, 0.1) is 10.3 Å². The van der Waals surface area contributed by atoms with Crippen LogP contribution in [0, 0.1) is 0 Å². The molecular formula is C44H27N3S. The van der Waals surface area contributed by atoms with Crippen molar-refractivity contribution in [3.05, 3.63) is 185 Å². The van der Waals surface area contributed by atoms with Gasteiger partial charge in [0.1, 0.15) is 0 Å². The fourth-order valence-corrected chi connectivity index (χ4v) is 9.33. The van der Waals surface area contributed by atoms with Crippen LogP contribution in [-0.2, 0) is 5.41 Å². The van der Waals surface area contributed by atoms with Crippen LogP contribution in [0.5, 0.6) is 0 Å². The summed E-state index contributed by atoms with van der Waals surface area (Å²) in [5.74, 6) is 2.02. The van der Waals surface area contributed by atoms with Crippen LogP contribution in [0.4, 0.5) is 0 Å². The van der Waals surface area contributed by atoms with E-state index in [1.54, 1.807) is 0 Å². The van der Waals surface area contributed by atoms with E-state index in [0.717, 1.165) is 21.6 Å². The van der Waals surface area contributed by atoms with Gasteiger partial charge in [-0.2, -0.15) is 0 Å². The van der Waals surface area contributed by atoms with Gasteiger partial charge in [-0.1, -0.05) is 164 Å². The van der Waals surface area contributed by atoms with Gasteiger partial charge in [-0.25, -0.2) is 15.0 Å². The normalized spacial score (nSPS) is 13.2. The lowest BCUT2D eigenvalue weighted by atomic mass is 9.74. The molecule has 0 unspecified atom stereocenters. The highest BCUT2D eigenvalue weighted by molar-refractivity contribution is 7.17. The van der Waals surface area contributed by atoms with E-state index in [1.165, 1.54) is 49.4 Å². The summed E-state index contributed by atoms with van der Waals surface area (Å²) in [7, 11) is 0. The zero-order valence-electron chi connectivity index (χ0n) is 25.8. The van der Waals surface area contributed by atoms with Crippen molar-refractivity contribution in [2.75, 3.05) is 0 Å². The zero-order valence-corrected chi connectivity index (χ0v) is 26.7. The van der Waals surface area contributed by atoms with Gasteiger partial charge in [-0.05, 0) is 38.9 Å². The molecule has 2 aliphatic carbocycles. The van der Waals surface area contributed by atoms with Crippen LogP contribution in [0.1, 0.15) is 21.6 Å². The minimum absolute atomic E-state index is 0.441. The Morgan fingerprint density at radius 1 is 0.354 bits per heavy atom. The van der Waals surface area contributed by atoms with Gasteiger partial charge in [0.2, 0.25) is 0 Å². The summed E-state index contributed by atoms with van der Waals surface area (Å²) in [4.78, 5) is 17.9. The number of nitrogens with zero attached hydrogens (tertiary/aromatic N) is 3. The smallest absolute Gasteiger partial charge is 0.174 e. The molecule has 0 N–H and O–H groups in total. The fraction of sp³-hybridized carbons (Fsp3) is 0.0227. The summed E-state index contributed by atoms with van der Waals surface area (Å²) in [6, 6.07) is 58.1. The maximum atomic E-state index is 5.25. The van der Waals surface area contributed by atoms with E-state index < -0.39 is 5.41 Å². The van der Waals surface area contributed by atoms with Gasteiger partial charge in [0, 0.05) is 27.1 Å². The Morgan fingerprint density at radius 3 is 1.27 bits per heavy atom. The number of benzene rings is 6. The molecule has 0 saturated heterocycles. The van der Waals surface area contributed by atoms with Crippen LogP contribution in [0.3, 0.4) is 0 Å². The van der Waals surface area contributed by atoms with E-state index in [0.29, 0.717) is 17.5 Å². The highest BCUT2D eigenvalue weighted by Crippen LogP contribution is 2.67. The molecule has 8 aromatic rings. The predicted octanol–water partition coefficient (Wildman–Crippen LogP) is 10.9. The molecule has 3 nitrogen and oxygen atoms in total. The minimum atomic E-state index is -0.441. The van der Waals surface area contributed by atoms with Gasteiger partial charge >= 0.3 is 0 Å². The quantitative estimate of drug-likeness (QED) is 0.194. The van der Waals surface area contributed by atoms with E-state index in [1.807, 2.05) is 47.7 Å². The van der Waals surface area contributed by atoms with Crippen LogP contribution in [-0.4, -0.2) is 15.0 Å². The second-order valence-corrected chi connectivity index (χ2v) is 13.3. The van der Waals surface area contributed by atoms with Crippen molar-refractivity contribution in [3.63, 3.8) is 0 Å². The molecule has 224 valence electrons. The number of aromatic nitrogens is 3. The third-order valence-corrected chi connectivity index (χ3v) is 11.1. The number of fused-ring (bicyclic) bond motifs is 10. The maximum absolute atomic E-state index is 5.25. The molecule has 48 heavy (non-hydrogen) atoms. The average Bonchev–Trinajstić information content (AvgIpc) is 3.80. The van der Waals surface area contributed by atoms with E-state index in [-0.39, 0.29) is 0 Å². The van der Waals surface area contributed by atoms with Crippen LogP contribution in [0.15, 0.2) is 164 Å². The number of hydrogen-bond acceptors (Lipinski definition) is 4. The summed E-state index contributed by atoms with van der Waals surface area (Å²) in [5, 5.41) is 0. The van der Waals surface area contributed by atoms with Gasteiger partial charge in [-0.15, -0.1) is 11.3 Å². The zero-order chi connectivity index (χ0) is 31.7. The molecule has 2 aliphatic rings. The first-order valence-electron chi connectivity index (χ1n) is 16.2. The first kappa shape index (κ1) is 27.2. The maximum Gasteiger partial charge on any atom is 0.174 e. The van der Waals surface area contributed by atoms with Crippen molar-refractivity contribution >= 4 is 11.3 Å². The average molecular weight is 630 g/mol. The Hall–Kier alpha value is -5.97. The molecule has 1 spiro atoms. The largest absolute Gasteiger partial charge is 0.208 e. The molecule has 6 aromatic carbocycles. The van der Waals surface area contributed by atoms with Gasteiger partial charge in [0.25, 0.3) is 0 Å². The molecule has 0 fully saturated rings. The van der Waals surface area contributed by atoms with Crippen LogP contribution >= 0.6 is 11.3 Å². The third kappa shape index (κ3) is 3.78. The molecule has 2 aromatic heterocycles. The van der Waals surface area contributed by atoms with Crippen LogP contribution < -0.4 is 0 Å². The lowest BCUT2D eigenvalue weighted by Crippen LogP contribution is -2.24. The number of rotatable bonds is 4. The van der Waals surface area contributed by atoms with Gasteiger partial charge < -0.3 is 0 Å². The summed E-state index contributed by atoms with van der Waals surface area (Å²) < 4.78 is 0. The molecule has 0 saturated carbocycles. The number of hydrogen-bond donors (Lipinski definition) is 0.